The highest BCUT2D eigenvalue weighted by atomic mass is 35.5. The number of carbonyl (C=O) groups is 1. The Kier molecular flexibility index (Phi) is 3.97. The molecule has 6 heteroatoms. The Morgan fingerprint density at radius 1 is 1.40 bits per heavy atom. The van der Waals surface area contributed by atoms with Gasteiger partial charge in [-0.2, -0.15) is 5.26 Å². The second-order valence-electron chi connectivity index (χ2n) is 4.08. The molecule has 0 saturated carbocycles. The minimum Gasteiger partial charge on any atom is -0.307 e. The van der Waals surface area contributed by atoms with Crippen LogP contribution in [0.2, 0.25) is 5.02 Å². The first-order valence-corrected chi connectivity index (χ1v) is 6.02. The topological polar surface area (TPSA) is 65.8 Å². The number of anilines is 1. The van der Waals surface area contributed by atoms with Gasteiger partial charge in [-0.3, -0.25) is 4.79 Å². The van der Waals surface area contributed by atoms with E-state index in [0.717, 1.165) is 6.07 Å². The van der Waals surface area contributed by atoms with Crippen molar-refractivity contribution in [1.82, 2.24) is 4.98 Å². The Balaban J connectivity index is 2.25. The lowest BCUT2D eigenvalue weighted by Crippen LogP contribution is -2.13. The summed E-state index contributed by atoms with van der Waals surface area (Å²) in [5, 5.41) is 11.3. The molecule has 4 nitrogen and oxygen atoms in total. The number of nitriles is 1. The normalized spacial score (nSPS) is 9.90. The summed E-state index contributed by atoms with van der Waals surface area (Å²) in [7, 11) is 0. The fraction of sp³-hybridized carbons (Fsp3) is 0.0714. The maximum atomic E-state index is 13.0. The van der Waals surface area contributed by atoms with E-state index in [2.05, 4.69) is 10.3 Å². The zero-order valence-corrected chi connectivity index (χ0v) is 11.2. The molecule has 1 aromatic heterocycles. The zero-order chi connectivity index (χ0) is 14.7. The van der Waals surface area contributed by atoms with Gasteiger partial charge in [0.05, 0.1) is 16.7 Å². The number of hydrogen-bond donors (Lipinski definition) is 1. The summed E-state index contributed by atoms with van der Waals surface area (Å²) in [5.74, 6) is -0.815. The highest BCUT2D eigenvalue weighted by molar-refractivity contribution is 6.31. The van der Waals surface area contributed by atoms with E-state index < -0.39 is 11.7 Å². The van der Waals surface area contributed by atoms with Crippen LogP contribution in [0.1, 0.15) is 21.6 Å². The third-order valence-corrected chi connectivity index (χ3v) is 2.80. The number of halogens is 2. The van der Waals surface area contributed by atoms with E-state index in [1.165, 1.54) is 18.2 Å². The van der Waals surface area contributed by atoms with E-state index in [9.17, 15) is 9.18 Å². The molecular weight excluding hydrogens is 281 g/mol. The predicted molar refractivity (Wildman–Crippen MR) is 73.1 cm³/mol. The number of benzene rings is 1. The second-order valence-corrected chi connectivity index (χ2v) is 4.48. The highest BCUT2D eigenvalue weighted by Crippen LogP contribution is 2.17. The second kappa shape index (κ2) is 5.68. The van der Waals surface area contributed by atoms with Crippen molar-refractivity contribution in [3.63, 3.8) is 0 Å². The standard InChI is InChI=1S/C14H9ClFN3O/c1-8-4-9(7-17)5-13(18-8)19-14(20)10-2-3-12(16)11(15)6-10/h2-6H,1H3,(H,18,19,20). The van der Waals surface area contributed by atoms with Gasteiger partial charge in [-0.1, -0.05) is 11.6 Å². The molecular formula is C14H9ClFN3O. The van der Waals surface area contributed by atoms with Crippen molar-refractivity contribution in [2.45, 2.75) is 6.92 Å². The molecule has 0 aliphatic carbocycles. The Morgan fingerprint density at radius 2 is 2.15 bits per heavy atom. The molecule has 0 aliphatic heterocycles. The molecule has 0 bridgehead atoms. The van der Waals surface area contributed by atoms with Crippen LogP contribution in [0.15, 0.2) is 30.3 Å². The summed E-state index contributed by atoms with van der Waals surface area (Å²) >= 11 is 5.62. The number of carbonyl (C=O) groups excluding carboxylic acids is 1. The van der Waals surface area contributed by atoms with Gasteiger partial charge in [-0.05, 0) is 37.3 Å². The van der Waals surface area contributed by atoms with Gasteiger partial charge >= 0.3 is 0 Å². The molecule has 0 unspecified atom stereocenters. The van der Waals surface area contributed by atoms with Crippen molar-refractivity contribution in [2.24, 2.45) is 0 Å². The van der Waals surface area contributed by atoms with Gasteiger partial charge in [0.25, 0.3) is 5.91 Å². The van der Waals surface area contributed by atoms with Crippen LogP contribution in [-0.4, -0.2) is 10.9 Å². The first kappa shape index (κ1) is 14.0. The molecule has 0 aliphatic rings. The summed E-state index contributed by atoms with van der Waals surface area (Å²) in [5.41, 5.74) is 1.21. The molecule has 100 valence electrons. The summed E-state index contributed by atoms with van der Waals surface area (Å²) in [6.45, 7) is 1.71. The number of hydrogen-bond acceptors (Lipinski definition) is 3. The minimum absolute atomic E-state index is 0.132. The number of aryl methyl sites for hydroxylation is 1. The smallest absolute Gasteiger partial charge is 0.256 e. The Labute approximate surface area is 119 Å². The summed E-state index contributed by atoms with van der Waals surface area (Å²) in [6.07, 6.45) is 0. The van der Waals surface area contributed by atoms with Gasteiger partial charge in [0.15, 0.2) is 0 Å². The number of amides is 1. The fourth-order valence-corrected chi connectivity index (χ4v) is 1.80. The molecule has 1 N–H and O–H groups in total. The molecule has 20 heavy (non-hydrogen) atoms. The van der Waals surface area contributed by atoms with E-state index in [4.69, 9.17) is 16.9 Å². The number of rotatable bonds is 2. The lowest BCUT2D eigenvalue weighted by Gasteiger charge is -2.06. The van der Waals surface area contributed by atoms with Crippen LogP contribution >= 0.6 is 11.6 Å². The molecule has 2 aromatic rings. The average Bonchev–Trinajstić information content (AvgIpc) is 2.41. The molecule has 0 fully saturated rings. The maximum Gasteiger partial charge on any atom is 0.256 e. The van der Waals surface area contributed by atoms with Gasteiger partial charge in [-0.25, -0.2) is 9.37 Å². The van der Waals surface area contributed by atoms with Crippen molar-refractivity contribution < 1.29 is 9.18 Å². The molecule has 1 amide bonds. The van der Waals surface area contributed by atoms with Crippen LogP contribution in [-0.2, 0) is 0 Å². The van der Waals surface area contributed by atoms with Crippen molar-refractivity contribution in [3.05, 3.63) is 58.0 Å². The summed E-state index contributed by atoms with van der Waals surface area (Å²) in [6, 6.07) is 8.69. The number of aromatic nitrogens is 1. The van der Waals surface area contributed by atoms with E-state index in [1.54, 1.807) is 13.0 Å². The van der Waals surface area contributed by atoms with Crippen molar-refractivity contribution in [3.8, 4) is 6.07 Å². The Hall–Kier alpha value is -2.45. The lowest BCUT2D eigenvalue weighted by molar-refractivity contribution is 0.102. The predicted octanol–water partition coefficient (Wildman–Crippen LogP) is 3.31. The van der Waals surface area contributed by atoms with Gasteiger partial charge < -0.3 is 5.32 Å². The number of nitrogens with zero attached hydrogens (tertiary/aromatic N) is 2. The third-order valence-electron chi connectivity index (χ3n) is 2.51. The van der Waals surface area contributed by atoms with Gasteiger partial charge in [0.2, 0.25) is 0 Å². The van der Waals surface area contributed by atoms with Crippen molar-refractivity contribution in [2.75, 3.05) is 5.32 Å². The third kappa shape index (κ3) is 3.11. The first-order valence-electron chi connectivity index (χ1n) is 5.65. The zero-order valence-electron chi connectivity index (χ0n) is 10.4. The van der Waals surface area contributed by atoms with E-state index >= 15 is 0 Å². The number of pyridine rings is 1. The van der Waals surface area contributed by atoms with Crippen molar-refractivity contribution >= 4 is 23.3 Å². The minimum atomic E-state index is -0.594. The molecule has 0 atom stereocenters. The monoisotopic (exact) mass is 289 g/mol. The van der Waals surface area contributed by atoms with Gasteiger partial charge in [0.1, 0.15) is 11.6 Å². The average molecular weight is 290 g/mol. The molecule has 2 rings (SSSR count). The summed E-state index contributed by atoms with van der Waals surface area (Å²) in [4.78, 5) is 16.1. The van der Waals surface area contributed by atoms with Gasteiger partial charge in [0, 0.05) is 11.3 Å². The van der Waals surface area contributed by atoms with Crippen LogP contribution in [0.4, 0.5) is 10.2 Å². The van der Waals surface area contributed by atoms with E-state index in [0.29, 0.717) is 11.3 Å². The fourth-order valence-electron chi connectivity index (χ4n) is 1.62. The number of nitrogens with one attached hydrogen (secondary N) is 1. The van der Waals surface area contributed by atoms with Crippen molar-refractivity contribution in [1.29, 1.82) is 5.26 Å². The van der Waals surface area contributed by atoms with Crippen LogP contribution in [0.3, 0.4) is 0 Å². The Bertz CT molecular complexity index is 725. The molecule has 1 heterocycles. The van der Waals surface area contributed by atoms with E-state index in [-0.39, 0.29) is 16.4 Å². The maximum absolute atomic E-state index is 13.0. The quantitative estimate of drug-likeness (QED) is 0.922. The Morgan fingerprint density at radius 3 is 2.80 bits per heavy atom. The van der Waals surface area contributed by atoms with Crippen LogP contribution in [0.25, 0.3) is 0 Å². The molecule has 0 saturated heterocycles. The SMILES string of the molecule is Cc1cc(C#N)cc(NC(=O)c2ccc(F)c(Cl)c2)n1. The molecule has 0 radical (unpaired) electrons. The van der Waals surface area contributed by atoms with Crippen LogP contribution < -0.4 is 5.32 Å². The highest BCUT2D eigenvalue weighted by Gasteiger charge is 2.10. The first-order chi connectivity index (χ1) is 9.49. The van der Waals surface area contributed by atoms with Crippen LogP contribution in [0, 0.1) is 24.1 Å². The molecule has 0 spiro atoms. The lowest BCUT2D eigenvalue weighted by atomic mass is 10.2. The van der Waals surface area contributed by atoms with Crippen LogP contribution in [0.5, 0.6) is 0 Å². The van der Waals surface area contributed by atoms with Gasteiger partial charge in [-0.15, -0.1) is 0 Å². The summed E-state index contributed by atoms with van der Waals surface area (Å²) < 4.78 is 13.0. The largest absolute Gasteiger partial charge is 0.307 e. The molecule has 1 aromatic carbocycles. The van der Waals surface area contributed by atoms with E-state index in [1.807, 2.05) is 6.07 Å².